The van der Waals surface area contributed by atoms with E-state index in [4.69, 9.17) is 0 Å². The number of benzene rings is 1. The van der Waals surface area contributed by atoms with Crippen LogP contribution in [-0.4, -0.2) is 12.6 Å². The minimum atomic E-state index is 0.774. The highest BCUT2D eigenvalue weighted by molar-refractivity contribution is 7.09. The number of nitrogens with one attached hydrogen (secondary N) is 1. The zero-order valence-corrected chi connectivity index (χ0v) is 13.7. The molecule has 1 aromatic carbocycles. The van der Waals surface area contributed by atoms with Crippen LogP contribution in [0.4, 0.5) is 5.69 Å². The molecule has 0 radical (unpaired) electrons. The van der Waals surface area contributed by atoms with Crippen LogP contribution in [0.2, 0.25) is 0 Å². The largest absolute Gasteiger partial charge is 0.366 e. The maximum atomic E-state index is 3.59. The predicted molar refractivity (Wildman–Crippen MR) is 92.1 cm³/mol. The molecule has 0 unspecified atom stereocenters. The van der Waals surface area contributed by atoms with Crippen molar-refractivity contribution in [1.82, 2.24) is 5.32 Å². The molecule has 112 valence electrons. The summed E-state index contributed by atoms with van der Waals surface area (Å²) in [5.41, 5.74) is 4.14. The first-order valence-electron chi connectivity index (χ1n) is 7.86. The Morgan fingerprint density at radius 2 is 2.14 bits per heavy atom. The van der Waals surface area contributed by atoms with Gasteiger partial charge in [0.2, 0.25) is 0 Å². The van der Waals surface area contributed by atoms with E-state index < -0.39 is 0 Å². The molecule has 0 saturated heterocycles. The normalized spacial score (nSPS) is 14.4. The average molecular weight is 300 g/mol. The highest BCUT2D eigenvalue weighted by atomic mass is 32.1. The second-order valence-corrected chi connectivity index (χ2v) is 6.90. The fraction of sp³-hybridized carbons (Fsp3) is 0.444. The molecule has 0 atom stereocenters. The van der Waals surface area contributed by atoms with E-state index in [1.807, 2.05) is 11.3 Å². The van der Waals surface area contributed by atoms with Gasteiger partial charge in [-0.05, 0) is 55.3 Å². The molecule has 0 aliphatic heterocycles. The summed E-state index contributed by atoms with van der Waals surface area (Å²) in [6.45, 7) is 7.51. The highest BCUT2D eigenvalue weighted by Crippen LogP contribution is 2.25. The summed E-state index contributed by atoms with van der Waals surface area (Å²) in [5.74, 6) is 0. The van der Waals surface area contributed by atoms with Gasteiger partial charge in [-0.15, -0.1) is 11.3 Å². The van der Waals surface area contributed by atoms with Gasteiger partial charge in [0.15, 0.2) is 0 Å². The van der Waals surface area contributed by atoms with Crippen molar-refractivity contribution in [2.24, 2.45) is 0 Å². The zero-order valence-electron chi connectivity index (χ0n) is 12.9. The van der Waals surface area contributed by atoms with Gasteiger partial charge in [0, 0.05) is 29.7 Å². The number of hydrogen-bond donors (Lipinski definition) is 1. The van der Waals surface area contributed by atoms with Crippen LogP contribution in [0, 0.1) is 6.92 Å². The van der Waals surface area contributed by atoms with Gasteiger partial charge >= 0.3 is 0 Å². The lowest BCUT2D eigenvalue weighted by molar-refractivity contribution is 0.687. The van der Waals surface area contributed by atoms with Crippen molar-refractivity contribution in [3.05, 3.63) is 51.7 Å². The Balaban J connectivity index is 1.70. The van der Waals surface area contributed by atoms with E-state index in [1.165, 1.54) is 34.5 Å². The zero-order chi connectivity index (χ0) is 14.7. The van der Waals surface area contributed by atoms with Crippen LogP contribution in [0.1, 0.15) is 35.8 Å². The SMILES string of the molecule is CCN(Cc1cccs1)c1ccc(CNC2CC2)cc1C. The summed E-state index contributed by atoms with van der Waals surface area (Å²) >= 11 is 1.84. The van der Waals surface area contributed by atoms with Crippen LogP contribution in [0.25, 0.3) is 0 Å². The number of anilines is 1. The summed E-state index contributed by atoms with van der Waals surface area (Å²) in [6, 6.07) is 12.0. The van der Waals surface area contributed by atoms with Crippen LogP contribution in [0.3, 0.4) is 0 Å². The molecule has 1 saturated carbocycles. The summed E-state index contributed by atoms with van der Waals surface area (Å²) in [7, 11) is 0. The standard InChI is InChI=1S/C18H24N2S/c1-3-20(13-17-5-4-10-21-17)18-9-6-15(11-14(18)2)12-19-16-7-8-16/h4-6,9-11,16,19H,3,7-8,12-13H2,1-2H3. The molecule has 21 heavy (non-hydrogen) atoms. The molecule has 3 heteroatoms. The van der Waals surface area contributed by atoms with Crippen LogP contribution in [-0.2, 0) is 13.1 Å². The average Bonchev–Trinajstić information content (AvgIpc) is 3.18. The van der Waals surface area contributed by atoms with Crippen molar-refractivity contribution in [2.45, 2.75) is 45.8 Å². The predicted octanol–water partition coefficient (Wildman–Crippen LogP) is 4.34. The summed E-state index contributed by atoms with van der Waals surface area (Å²) in [5, 5.41) is 5.74. The lowest BCUT2D eigenvalue weighted by atomic mass is 10.1. The Labute approximate surface area is 131 Å². The fourth-order valence-electron chi connectivity index (χ4n) is 2.69. The minimum absolute atomic E-state index is 0.774. The third-order valence-corrected chi connectivity index (χ3v) is 4.94. The summed E-state index contributed by atoms with van der Waals surface area (Å²) < 4.78 is 0. The molecule has 0 bridgehead atoms. The molecule has 0 spiro atoms. The van der Waals surface area contributed by atoms with Crippen molar-refractivity contribution in [3.8, 4) is 0 Å². The molecule has 2 aromatic rings. The Hall–Kier alpha value is -1.32. The van der Waals surface area contributed by atoms with E-state index in [1.54, 1.807) is 0 Å². The monoisotopic (exact) mass is 300 g/mol. The molecule has 2 nitrogen and oxygen atoms in total. The molecular weight excluding hydrogens is 276 g/mol. The Morgan fingerprint density at radius 1 is 1.29 bits per heavy atom. The van der Waals surface area contributed by atoms with Gasteiger partial charge < -0.3 is 10.2 Å². The van der Waals surface area contributed by atoms with E-state index in [0.29, 0.717) is 0 Å². The van der Waals surface area contributed by atoms with E-state index in [9.17, 15) is 0 Å². The number of thiophene rings is 1. The van der Waals surface area contributed by atoms with Crippen molar-refractivity contribution in [3.63, 3.8) is 0 Å². The van der Waals surface area contributed by atoms with Crippen LogP contribution in [0.5, 0.6) is 0 Å². The number of nitrogens with zero attached hydrogens (tertiary/aromatic N) is 1. The highest BCUT2D eigenvalue weighted by Gasteiger charge is 2.20. The van der Waals surface area contributed by atoms with Crippen LogP contribution < -0.4 is 10.2 Å². The minimum Gasteiger partial charge on any atom is -0.366 e. The fourth-order valence-corrected chi connectivity index (χ4v) is 3.41. The quantitative estimate of drug-likeness (QED) is 0.818. The molecule has 0 amide bonds. The Morgan fingerprint density at radius 3 is 2.76 bits per heavy atom. The summed E-state index contributed by atoms with van der Waals surface area (Å²) in [4.78, 5) is 3.88. The van der Waals surface area contributed by atoms with E-state index in [0.717, 1.165) is 25.7 Å². The van der Waals surface area contributed by atoms with Gasteiger partial charge in [0.25, 0.3) is 0 Å². The first-order chi connectivity index (χ1) is 10.3. The number of hydrogen-bond acceptors (Lipinski definition) is 3. The van der Waals surface area contributed by atoms with Gasteiger partial charge in [-0.2, -0.15) is 0 Å². The number of aryl methyl sites for hydroxylation is 1. The molecule has 1 aliphatic carbocycles. The van der Waals surface area contributed by atoms with Crippen molar-refractivity contribution in [2.75, 3.05) is 11.4 Å². The molecule has 1 aromatic heterocycles. The molecule has 1 aliphatic rings. The lowest BCUT2D eigenvalue weighted by Crippen LogP contribution is -2.22. The topological polar surface area (TPSA) is 15.3 Å². The Bertz CT molecular complexity index is 573. The first-order valence-corrected chi connectivity index (χ1v) is 8.74. The van der Waals surface area contributed by atoms with Crippen molar-refractivity contribution < 1.29 is 0 Å². The molecule has 1 N–H and O–H groups in total. The maximum absolute atomic E-state index is 3.59. The van der Waals surface area contributed by atoms with Crippen LogP contribution in [0.15, 0.2) is 35.7 Å². The van der Waals surface area contributed by atoms with E-state index >= 15 is 0 Å². The van der Waals surface area contributed by atoms with Crippen LogP contribution >= 0.6 is 11.3 Å². The van der Waals surface area contributed by atoms with Gasteiger partial charge in [-0.25, -0.2) is 0 Å². The third kappa shape index (κ3) is 3.86. The first kappa shape index (κ1) is 14.6. The maximum Gasteiger partial charge on any atom is 0.0522 e. The van der Waals surface area contributed by atoms with Crippen molar-refractivity contribution >= 4 is 17.0 Å². The number of rotatable bonds is 7. The van der Waals surface area contributed by atoms with Gasteiger partial charge in [0.05, 0.1) is 6.54 Å². The summed E-state index contributed by atoms with van der Waals surface area (Å²) in [6.07, 6.45) is 2.70. The smallest absolute Gasteiger partial charge is 0.0522 e. The molecule has 1 heterocycles. The van der Waals surface area contributed by atoms with Gasteiger partial charge in [0.1, 0.15) is 0 Å². The van der Waals surface area contributed by atoms with Gasteiger partial charge in [-0.3, -0.25) is 0 Å². The molecule has 1 fully saturated rings. The van der Waals surface area contributed by atoms with Gasteiger partial charge in [-0.1, -0.05) is 18.2 Å². The molecule has 3 rings (SSSR count). The van der Waals surface area contributed by atoms with E-state index in [-0.39, 0.29) is 0 Å². The lowest BCUT2D eigenvalue weighted by Gasteiger charge is -2.25. The Kier molecular flexibility index (Phi) is 4.61. The second kappa shape index (κ2) is 6.63. The van der Waals surface area contributed by atoms with E-state index in [2.05, 4.69) is 59.8 Å². The van der Waals surface area contributed by atoms with Crippen molar-refractivity contribution in [1.29, 1.82) is 0 Å². The third-order valence-electron chi connectivity index (χ3n) is 4.08. The second-order valence-electron chi connectivity index (χ2n) is 5.87. The molecular formula is C18H24N2S.